The van der Waals surface area contributed by atoms with Crippen LogP contribution in [0.15, 0.2) is 54.2 Å². The zero-order chi connectivity index (χ0) is 21.4. The van der Waals surface area contributed by atoms with Gasteiger partial charge in [0.2, 0.25) is 0 Å². The average Bonchev–Trinajstić information content (AvgIpc) is 2.95. The summed E-state index contributed by atoms with van der Waals surface area (Å²) < 4.78 is 5.86. The van der Waals surface area contributed by atoms with Gasteiger partial charge in [-0.1, -0.05) is 48.5 Å². The maximum Gasteiger partial charge on any atom is 0.278 e. The molecule has 1 saturated heterocycles. The van der Waals surface area contributed by atoms with E-state index in [1.165, 1.54) is 4.90 Å². The third-order valence-corrected chi connectivity index (χ3v) is 5.86. The van der Waals surface area contributed by atoms with Crippen molar-refractivity contribution in [2.24, 2.45) is 0 Å². The molecule has 1 fully saturated rings. The molecule has 0 spiro atoms. The summed E-state index contributed by atoms with van der Waals surface area (Å²) in [7, 11) is 0. The fraction of sp³-hybridized carbons (Fsp3) is 0.360. The van der Waals surface area contributed by atoms with Gasteiger partial charge in [-0.3, -0.25) is 14.5 Å². The molecule has 5 heteroatoms. The summed E-state index contributed by atoms with van der Waals surface area (Å²) >= 11 is 0. The number of hydrogen-bond acceptors (Lipinski definition) is 4. The number of carbonyl (C=O) groups excluding carboxylic acids is 2. The fourth-order valence-corrected chi connectivity index (χ4v) is 4.28. The van der Waals surface area contributed by atoms with Gasteiger partial charge in [0, 0.05) is 13.1 Å². The van der Waals surface area contributed by atoms with Gasteiger partial charge in [0.25, 0.3) is 11.8 Å². The van der Waals surface area contributed by atoms with Crippen LogP contribution in [0.2, 0.25) is 0 Å². The van der Waals surface area contributed by atoms with E-state index in [0.29, 0.717) is 24.4 Å². The van der Waals surface area contributed by atoms with E-state index in [0.717, 1.165) is 22.3 Å². The summed E-state index contributed by atoms with van der Waals surface area (Å²) in [4.78, 5) is 30.5. The quantitative estimate of drug-likeness (QED) is 0.730. The maximum atomic E-state index is 13.5. The van der Waals surface area contributed by atoms with Gasteiger partial charge in [-0.2, -0.15) is 0 Å². The van der Waals surface area contributed by atoms with E-state index in [1.807, 2.05) is 81.1 Å². The molecule has 156 valence electrons. The predicted octanol–water partition coefficient (Wildman–Crippen LogP) is 3.69. The molecule has 30 heavy (non-hydrogen) atoms. The van der Waals surface area contributed by atoms with Crippen LogP contribution >= 0.6 is 0 Å². The van der Waals surface area contributed by atoms with E-state index in [4.69, 9.17) is 4.74 Å². The van der Waals surface area contributed by atoms with Crippen LogP contribution in [0, 0.1) is 13.8 Å². The van der Waals surface area contributed by atoms with Crippen molar-refractivity contribution in [2.45, 2.75) is 46.4 Å². The second-order valence-electron chi connectivity index (χ2n) is 8.37. The lowest BCUT2D eigenvalue weighted by atomic mass is 9.99. The first-order chi connectivity index (χ1) is 14.3. The van der Waals surface area contributed by atoms with Crippen LogP contribution in [0.25, 0.3) is 5.57 Å². The topological polar surface area (TPSA) is 49.9 Å². The number of morpholine rings is 1. The fourth-order valence-electron chi connectivity index (χ4n) is 4.28. The molecule has 2 unspecified atom stereocenters. The first-order valence-corrected chi connectivity index (χ1v) is 10.5. The van der Waals surface area contributed by atoms with Gasteiger partial charge in [-0.05, 0) is 49.9 Å². The first kappa shape index (κ1) is 20.4. The molecule has 0 radical (unpaired) electrons. The van der Waals surface area contributed by atoms with E-state index in [9.17, 15) is 9.59 Å². The number of hydrogen-bond donors (Lipinski definition) is 0. The normalized spacial score (nSPS) is 22.3. The molecule has 0 saturated carbocycles. The number of nitrogens with zero attached hydrogens (tertiary/aromatic N) is 2. The average molecular weight is 405 g/mol. The highest BCUT2D eigenvalue weighted by Gasteiger charge is 2.43. The Morgan fingerprint density at radius 3 is 2.20 bits per heavy atom. The Balaban J connectivity index is 1.78. The Kier molecular flexibility index (Phi) is 5.48. The molecule has 2 heterocycles. The largest absolute Gasteiger partial charge is 0.372 e. The van der Waals surface area contributed by atoms with Crippen molar-refractivity contribution < 1.29 is 14.3 Å². The maximum absolute atomic E-state index is 13.5. The van der Waals surface area contributed by atoms with Gasteiger partial charge >= 0.3 is 0 Å². The summed E-state index contributed by atoms with van der Waals surface area (Å²) in [5.74, 6) is -0.452. The Morgan fingerprint density at radius 2 is 1.57 bits per heavy atom. The summed E-state index contributed by atoms with van der Waals surface area (Å²) in [6.45, 7) is 9.53. The number of rotatable bonds is 4. The van der Waals surface area contributed by atoms with Gasteiger partial charge in [0.1, 0.15) is 5.70 Å². The van der Waals surface area contributed by atoms with Crippen LogP contribution < -0.4 is 0 Å². The van der Waals surface area contributed by atoms with Crippen molar-refractivity contribution >= 4 is 17.4 Å². The summed E-state index contributed by atoms with van der Waals surface area (Å²) in [6.07, 6.45) is -0.0124. The van der Waals surface area contributed by atoms with Crippen LogP contribution in [0.1, 0.15) is 36.1 Å². The van der Waals surface area contributed by atoms with Crippen LogP contribution in [0.3, 0.4) is 0 Å². The molecule has 0 aliphatic carbocycles. The van der Waals surface area contributed by atoms with Gasteiger partial charge in [-0.25, -0.2) is 0 Å². The zero-order valence-corrected chi connectivity index (χ0v) is 18.0. The van der Waals surface area contributed by atoms with Crippen molar-refractivity contribution in [3.05, 3.63) is 76.5 Å². The minimum atomic E-state index is -0.228. The number of carbonyl (C=O) groups is 2. The van der Waals surface area contributed by atoms with Crippen LogP contribution in [-0.2, 0) is 20.9 Å². The smallest absolute Gasteiger partial charge is 0.278 e. The van der Waals surface area contributed by atoms with Crippen molar-refractivity contribution in [1.82, 2.24) is 9.80 Å². The van der Waals surface area contributed by atoms with Gasteiger partial charge in [0.05, 0.1) is 24.3 Å². The number of amides is 2. The van der Waals surface area contributed by atoms with Gasteiger partial charge in [0.15, 0.2) is 0 Å². The lowest BCUT2D eigenvalue weighted by Gasteiger charge is -2.37. The highest BCUT2D eigenvalue weighted by molar-refractivity contribution is 6.35. The van der Waals surface area contributed by atoms with Crippen molar-refractivity contribution in [3.63, 3.8) is 0 Å². The number of ether oxygens (including phenoxy) is 1. The Labute approximate surface area is 177 Å². The number of benzene rings is 2. The Bertz CT molecular complexity index is 1000. The molecule has 2 aromatic rings. The summed E-state index contributed by atoms with van der Waals surface area (Å²) in [5, 5.41) is 0. The number of aryl methyl sites for hydroxylation is 2. The minimum absolute atomic E-state index is 0.00618. The van der Waals surface area contributed by atoms with Crippen molar-refractivity contribution in [3.8, 4) is 0 Å². The van der Waals surface area contributed by atoms with Crippen molar-refractivity contribution in [2.75, 3.05) is 13.1 Å². The monoisotopic (exact) mass is 404 g/mol. The highest BCUT2D eigenvalue weighted by Crippen LogP contribution is 2.34. The van der Waals surface area contributed by atoms with Crippen LogP contribution in [0.5, 0.6) is 0 Å². The lowest BCUT2D eigenvalue weighted by molar-refractivity contribution is -0.139. The molecule has 4 rings (SSSR count). The summed E-state index contributed by atoms with van der Waals surface area (Å²) in [5.41, 5.74) is 5.00. The van der Waals surface area contributed by atoms with E-state index < -0.39 is 0 Å². The molecule has 2 aliphatic rings. The highest BCUT2D eigenvalue weighted by atomic mass is 16.5. The predicted molar refractivity (Wildman–Crippen MR) is 116 cm³/mol. The van der Waals surface area contributed by atoms with Crippen LogP contribution in [-0.4, -0.2) is 46.9 Å². The molecule has 5 nitrogen and oxygen atoms in total. The van der Waals surface area contributed by atoms with Gasteiger partial charge in [-0.15, -0.1) is 0 Å². The van der Waals surface area contributed by atoms with E-state index in [2.05, 4.69) is 0 Å². The number of imide groups is 1. The molecule has 0 N–H and O–H groups in total. The molecular weight excluding hydrogens is 376 g/mol. The molecule has 2 amide bonds. The Hall–Kier alpha value is -2.92. The second kappa shape index (κ2) is 8.07. The third kappa shape index (κ3) is 3.77. The molecule has 2 atom stereocenters. The molecule has 0 aromatic heterocycles. The molecular formula is C25H28N2O3. The SMILES string of the molecule is Cc1ccc(C2=C(N3CC(C)OC(C)C3)C(=O)N(Cc3ccccc3)C2=O)cc1C. The molecule has 0 bridgehead atoms. The van der Waals surface area contributed by atoms with Crippen molar-refractivity contribution in [1.29, 1.82) is 0 Å². The first-order valence-electron chi connectivity index (χ1n) is 10.5. The minimum Gasteiger partial charge on any atom is -0.372 e. The standard InChI is InChI=1S/C25H28N2O3/c1-16-10-11-21(12-17(16)2)22-23(26-13-18(3)30-19(4)14-26)25(29)27(24(22)28)15-20-8-6-5-7-9-20/h5-12,18-19H,13-15H2,1-4H3. The zero-order valence-electron chi connectivity index (χ0n) is 18.0. The molecule has 2 aliphatic heterocycles. The third-order valence-electron chi connectivity index (χ3n) is 5.86. The van der Waals surface area contributed by atoms with E-state index in [1.54, 1.807) is 0 Å². The Morgan fingerprint density at radius 1 is 0.900 bits per heavy atom. The van der Waals surface area contributed by atoms with E-state index in [-0.39, 0.29) is 30.6 Å². The van der Waals surface area contributed by atoms with Gasteiger partial charge < -0.3 is 9.64 Å². The molecule has 2 aromatic carbocycles. The summed E-state index contributed by atoms with van der Waals surface area (Å²) in [6, 6.07) is 15.6. The lowest BCUT2D eigenvalue weighted by Crippen LogP contribution is -2.46. The van der Waals surface area contributed by atoms with E-state index >= 15 is 0 Å². The van der Waals surface area contributed by atoms with Crippen LogP contribution in [0.4, 0.5) is 0 Å². The second-order valence-corrected chi connectivity index (χ2v) is 8.37.